The lowest BCUT2D eigenvalue weighted by atomic mass is 9.42. The highest BCUT2D eigenvalue weighted by Gasteiger charge is 2.69. The maximum absolute atomic E-state index is 13.9. The molecule has 35 heavy (non-hydrogen) atoms. The van der Waals surface area contributed by atoms with Crippen LogP contribution in [0.15, 0.2) is 22.8 Å². The number of allylic oxidation sites excluding steroid dienone is 3. The normalized spacial score (nSPS) is 45.9. The van der Waals surface area contributed by atoms with Crippen LogP contribution in [0.4, 0.5) is 0 Å². The second-order valence-electron chi connectivity index (χ2n) is 13.4. The summed E-state index contributed by atoms with van der Waals surface area (Å²) in [4.78, 5) is 26.4. The molecule has 9 atom stereocenters. The SMILES string of the molecule is CC(C)=CCC[C@@H](C)[C@H]1CC[C@@]2(C)C3=C(CC[C@]12C)[C@]1(C)[C@@H](CC3=O)[C@@](C)(C(=O)O)[C@H](O)C[C@H]1O. The highest BCUT2D eigenvalue weighted by molar-refractivity contribution is 6.00. The molecule has 4 aliphatic carbocycles. The molecule has 0 amide bonds. The molecule has 2 fully saturated rings. The minimum absolute atomic E-state index is 0.00428. The first-order valence-corrected chi connectivity index (χ1v) is 13.7. The molecule has 0 heterocycles. The van der Waals surface area contributed by atoms with Crippen LogP contribution in [0.5, 0.6) is 0 Å². The summed E-state index contributed by atoms with van der Waals surface area (Å²) >= 11 is 0. The number of carboxylic acid groups (broad SMARTS) is 1. The number of carbonyl (C=O) groups is 2. The Kier molecular flexibility index (Phi) is 6.50. The van der Waals surface area contributed by atoms with E-state index in [4.69, 9.17) is 0 Å². The third kappa shape index (κ3) is 3.47. The summed E-state index contributed by atoms with van der Waals surface area (Å²) in [5.74, 6) is -0.559. The molecule has 0 aromatic rings. The van der Waals surface area contributed by atoms with E-state index in [0.29, 0.717) is 11.8 Å². The van der Waals surface area contributed by atoms with Gasteiger partial charge in [-0.3, -0.25) is 9.59 Å². The minimum Gasteiger partial charge on any atom is -0.481 e. The molecule has 0 aromatic carbocycles. The summed E-state index contributed by atoms with van der Waals surface area (Å²) in [5.41, 5.74) is 0.706. The molecule has 2 saturated carbocycles. The van der Waals surface area contributed by atoms with Crippen molar-refractivity contribution in [3.05, 3.63) is 22.8 Å². The molecular formula is C30H46O5. The van der Waals surface area contributed by atoms with Crippen LogP contribution in [0.1, 0.15) is 99.8 Å². The number of aliphatic hydroxyl groups is 2. The van der Waals surface area contributed by atoms with Crippen LogP contribution in [-0.4, -0.2) is 39.3 Å². The van der Waals surface area contributed by atoms with E-state index in [1.165, 1.54) is 5.57 Å². The Bertz CT molecular complexity index is 975. The van der Waals surface area contributed by atoms with Crippen molar-refractivity contribution in [1.82, 2.24) is 0 Å². The fraction of sp³-hybridized carbons (Fsp3) is 0.800. The molecule has 4 aliphatic rings. The summed E-state index contributed by atoms with van der Waals surface area (Å²) in [7, 11) is 0. The maximum Gasteiger partial charge on any atom is 0.312 e. The summed E-state index contributed by atoms with van der Waals surface area (Å²) in [5, 5.41) is 32.3. The van der Waals surface area contributed by atoms with Gasteiger partial charge in [0.05, 0.1) is 17.6 Å². The molecule has 4 rings (SSSR count). The molecule has 0 aliphatic heterocycles. The number of carbonyl (C=O) groups excluding carboxylic acids is 1. The van der Waals surface area contributed by atoms with Gasteiger partial charge in [0.1, 0.15) is 0 Å². The Morgan fingerprint density at radius 2 is 1.77 bits per heavy atom. The van der Waals surface area contributed by atoms with Crippen molar-refractivity contribution in [2.45, 2.75) is 112 Å². The van der Waals surface area contributed by atoms with Crippen LogP contribution in [0.2, 0.25) is 0 Å². The summed E-state index contributed by atoms with van der Waals surface area (Å²) in [6.07, 6.45) is 6.36. The van der Waals surface area contributed by atoms with Crippen molar-refractivity contribution in [3.8, 4) is 0 Å². The number of fused-ring (bicyclic) bond motifs is 4. The van der Waals surface area contributed by atoms with Gasteiger partial charge in [-0.1, -0.05) is 44.9 Å². The summed E-state index contributed by atoms with van der Waals surface area (Å²) in [6, 6.07) is 0. The Morgan fingerprint density at radius 3 is 2.37 bits per heavy atom. The van der Waals surface area contributed by atoms with E-state index < -0.39 is 34.9 Å². The van der Waals surface area contributed by atoms with E-state index in [0.717, 1.165) is 49.7 Å². The van der Waals surface area contributed by atoms with Crippen LogP contribution in [0.3, 0.4) is 0 Å². The predicted octanol–water partition coefficient (Wildman–Crippen LogP) is 5.69. The first-order chi connectivity index (χ1) is 16.2. The lowest BCUT2D eigenvalue weighted by Crippen LogP contribution is -2.64. The second kappa shape index (κ2) is 8.55. The van der Waals surface area contributed by atoms with Crippen molar-refractivity contribution >= 4 is 11.8 Å². The van der Waals surface area contributed by atoms with Crippen LogP contribution in [-0.2, 0) is 9.59 Å². The zero-order valence-corrected chi connectivity index (χ0v) is 22.8. The van der Waals surface area contributed by atoms with Crippen molar-refractivity contribution in [1.29, 1.82) is 0 Å². The lowest BCUT2D eigenvalue weighted by molar-refractivity contribution is -0.192. The van der Waals surface area contributed by atoms with E-state index in [1.807, 2.05) is 6.92 Å². The molecule has 0 radical (unpaired) electrons. The van der Waals surface area contributed by atoms with Gasteiger partial charge in [-0.05, 0) is 82.5 Å². The molecule has 0 saturated heterocycles. The van der Waals surface area contributed by atoms with Gasteiger partial charge < -0.3 is 15.3 Å². The predicted molar refractivity (Wildman–Crippen MR) is 137 cm³/mol. The number of ketones is 1. The Balaban J connectivity index is 1.77. The number of carboxylic acids is 1. The number of aliphatic hydroxyl groups excluding tert-OH is 2. The highest BCUT2D eigenvalue weighted by atomic mass is 16.4. The third-order valence-electron chi connectivity index (χ3n) is 11.7. The molecule has 3 N–H and O–H groups in total. The summed E-state index contributed by atoms with van der Waals surface area (Å²) < 4.78 is 0. The van der Waals surface area contributed by atoms with Crippen molar-refractivity contribution in [2.24, 2.45) is 39.4 Å². The zero-order chi connectivity index (χ0) is 26.1. The fourth-order valence-corrected chi connectivity index (χ4v) is 9.14. The van der Waals surface area contributed by atoms with E-state index in [1.54, 1.807) is 6.92 Å². The molecular weight excluding hydrogens is 440 g/mol. The van der Waals surface area contributed by atoms with Crippen LogP contribution in [0, 0.1) is 39.4 Å². The monoisotopic (exact) mass is 486 g/mol. The number of aliphatic carboxylic acids is 1. The molecule has 0 aromatic heterocycles. The van der Waals surface area contributed by atoms with Crippen LogP contribution in [0.25, 0.3) is 0 Å². The average Bonchev–Trinajstić information content (AvgIpc) is 3.04. The van der Waals surface area contributed by atoms with Gasteiger partial charge in [-0.15, -0.1) is 0 Å². The number of rotatable bonds is 5. The molecule has 5 nitrogen and oxygen atoms in total. The second-order valence-corrected chi connectivity index (χ2v) is 13.4. The standard InChI is InChI=1S/C30H46O5/c1-17(2)9-8-10-18(3)19-11-14-28(5)25-20(12-13-27(19,28)4)29(6)22(15-21(25)31)30(7,26(34)35)24(33)16-23(29)32/h9,18-19,22-24,32-33H,8,10-16H2,1-7H3,(H,34,35)/t18-,19-,22-,23-,24-,27-,28+,29-,30-/m1/s1. The first-order valence-electron chi connectivity index (χ1n) is 13.7. The van der Waals surface area contributed by atoms with E-state index in [-0.39, 0.29) is 29.5 Å². The Morgan fingerprint density at radius 1 is 1.11 bits per heavy atom. The van der Waals surface area contributed by atoms with Gasteiger partial charge >= 0.3 is 5.97 Å². The van der Waals surface area contributed by atoms with Gasteiger partial charge in [-0.2, -0.15) is 0 Å². The Hall–Kier alpha value is -1.46. The minimum atomic E-state index is -1.46. The van der Waals surface area contributed by atoms with E-state index >= 15 is 0 Å². The van der Waals surface area contributed by atoms with Crippen molar-refractivity contribution in [2.75, 3.05) is 0 Å². The Labute approximate surface area is 211 Å². The van der Waals surface area contributed by atoms with Gasteiger partial charge in [0.25, 0.3) is 0 Å². The number of Topliss-reactive ketones (excluding diaryl/α,β-unsaturated/α-hetero) is 1. The molecule has 5 heteroatoms. The molecule has 0 unspecified atom stereocenters. The zero-order valence-electron chi connectivity index (χ0n) is 22.8. The number of hydrogen-bond acceptors (Lipinski definition) is 4. The van der Waals surface area contributed by atoms with E-state index in [9.17, 15) is 24.9 Å². The van der Waals surface area contributed by atoms with Crippen LogP contribution < -0.4 is 0 Å². The van der Waals surface area contributed by atoms with Gasteiger partial charge in [-0.25, -0.2) is 0 Å². The topological polar surface area (TPSA) is 94.8 Å². The number of hydrogen-bond donors (Lipinski definition) is 3. The molecule has 0 spiro atoms. The summed E-state index contributed by atoms with van der Waals surface area (Å²) in [6.45, 7) is 14.9. The lowest BCUT2D eigenvalue weighted by Gasteiger charge is -2.62. The van der Waals surface area contributed by atoms with Gasteiger partial charge in [0, 0.05) is 29.2 Å². The fourth-order valence-electron chi connectivity index (χ4n) is 9.14. The maximum atomic E-state index is 13.9. The highest BCUT2D eigenvalue weighted by Crippen LogP contribution is 2.71. The van der Waals surface area contributed by atoms with Gasteiger partial charge in [0.2, 0.25) is 0 Å². The third-order valence-corrected chi connectivity index (χ3v) is 11.7. The van der Waals surface area contributed by atoms with Crippen LogP contribution >= 0.6 is 0 Å². The van der Waals surface area contributed by atoms with Crippen molar-refractivity contribution < 1.29 is 24.9 Å². The largest absolute Gasteiger partial charge is 0.481 e. The molecule has 0 bridgehead atoms. The smallest absolute Gasteiger partial charge is 0.312 e. The van der Waals surface area contributed by atoms with Gasteiger partial charge in [0.15, 0.2) is 5.78 Å². The average molecular weight is 487 g/mol. The van der Waals surface area contributed by atoms with E-state index in [2.05, 4.69) is 40.7 Å². The van der Waals surface area contributed by atoms with Crippen molar-refractivity contribution in [3.63, 3.8) is 0 Å². The first kappa shape index (κ1) is 26.6. The molecule has 196 valence electrons. The quantitative estimate of drug-likeness (QED) is 0.434.